The Morgan fingerprint density at radius 1 is 1.14 bits per heavy atom. The maximum Gasteiger partial charge on any atom is 0.240 e. The molecule has 1 amide bonds. The Bertz CT molecular complexity index is 885. The fraction of sp³-hybridized carbons (Fsp3) is 0.350. The molecule has 2 rings (SSSR count). The van der Waals surface area contributed by atoms with Crippen molar-refractivity contribution in [3.63, 3.8) is 0 Å². The Morgan fingerprint density at radius 2 is 1.86 bits per heavy atom. The number of amides is 1. The van der Waals surface area contributed by atoms with Gasteiger partial charge in [-0.2, -0.15) is 0 Å². The average Bonchev–Trinajstić information content (AvgIpc) is 2.66. The zero-order chi connectivity index (χ0) is 20.6. The molecule has 8 heteroatoms. The highest BCUT2D eigenvalue weighted by Crippen LogP contribution is 2.16. The Balaban J connectivity index is 1.90. The Morgan fingerprint density at radius 3 is 2.46 bits per heavy atom. The van der Waals surface area contributed by atoms with Crippen molar-refractivity contribution in [2.45, 2.75) is 31.7 Å². The Labute approximate surface area is 165 Å². The summed E-state index contributed by atoms with van der Waals surface area (Å²) in [7, 11) is -3.71. The smallest absolute Gasteiger partial charge is 0.240 e. The molecule has 6 nitrogen and oxygen atoms in total. The minimum absolute atomic E-state index is 0.0133. The molecule has 0 saturated heterocycles. The van der Waals surface area contributed by atoms with Crippen LogP contribution in [-0.2, 0) is 21.4 Å². The summed E-state index contributed by atoms with van der Waals surface area (Å²) in [6.45, 7) is 4.86. The van der Waals surface area contributed by atoms with Crippen molar-refractivity contribution in [3.05, 3.63) is 59.9 Å². The standard InChI is InChI=1S/C20H25FN2O4S/c1-3-23(15-16-6-5-7-17(21)14-16)20(24)12-13-22-28(25,26)19-10-8-18(9-11-19)27-4-2/h5-11,14,22H,3-4,12-13,15H2,1-2H3. The van der Waals surface area contributed by atoms with Crippen LogP contribution in [0.1, 0.15) is 25.8 Å². The van der Waals surface area contributed by atoms with Gasteiger partial charge in [0.2, 0.25) is 15.9 Å². The second-order valence-corrected chi connectivity index (χ2v) is 7.86. The third-order valence-electron chi connectivity index (χ3n) is 4.07. The van der Waals surface area contributed by atoms with Gasteiger partial charge in [-0.25, -0.2) is 17.5 Å². The predicted molar refractivity (Wildman–Crippen MR) is 105 cm³/mol. The number of carbonyl (C=O) groups excluding carboxylic acids is 1. The van der Waals surface area contributed by atoms with Crippen molar-refractivity contribution in [1.82, 2.24) is 9.62 Å². The molecule has 1 N–H and O–H groups in total. The van der Waals surface area contributed by atoms with Gasteiger partial charge in [0.15, 0.2) is 0 Å². The maximum atomic E-state index is 13.3. The maximum absolute atomic E-state index is 13.3. The van der Waals surface area contributed by atoms with Crippen molar-refractivity contribution >= 4 is 15.9 Å². The molecule has 0 bridgehead atoms. The number of benzene rings is 2. The third kappa shape index (κ3) is 6.31. The summed E-state index contributed by atoms with van der Waals surface area (Å²) >= 11 is 0. The van der Waals surface area contributed by atoms with Gasteiger partial charge < -0.3 is 9.64 Å². The van der Waals surface area contributed by atoms with Crippen LogP contribution < -0.4 is 9.46 Å². The highest BCUT2D eigenvalue weighted by molar-refractivity contribution is 7.89. The summed E-state index contributed by atoms with van der Waals surface area (Å²) in [5.74, 6) is 0.0258. The third-order valence-corrected chi connectivity index (χ3v) is 5.55. The van der Waals surface area contributed by atoms with Crippen LogP contribution in [-0.4, -0.2) is 38.9 Å². The first-order valence-corrected chi connectivity index (χ1v) is 10.6. The second-order valence-electron chi connectivity index (χ2n) is 6.09. The number of hydrogen-bond acceptors (Lipinski definition) is 4. The minimum atomic E-state index is -3.71. The first-order chi connectivity index (χ1) is 13.4. The van der Waals surface area contributed by atoms with E-state index in [1.54, 1.807) is 29.2 Å². The predicted octanol–water partition coefficient (Wildman–Crippen LogP) is 2.94. The molecular formula is C20H25FN2O4S. The van der Waals surface area contributed by atoms with Crippen molar-refractivity contribution in [1.29, 1.82) is 0 Å². The van der Waals surface area contributed by atoms with Crippen LogP contribution in [0.3, 0.4) is 0 Å². The van der Waals surface area contributed by atoms with E-state index in [0.717, 1.165) is 0 Å². The molecule has 0 aliphatic carbocycles. The summed E-state index contributed by atoms with van der Waals surface area (Å²) in [6.07, 6.45) is 0.0133. The molecule has 0 aliphatic rings. The molecule has 0 spiro atoms. The van der Waals surface area contributed by atoms with E-state index in [1.165, 1.54) is 24.3 Å². The Kier molecular flexibility index (Phi) is 7.95. The number of rotatable bonds is 10. The van der Waals surface area contributed by atoms with Gasteiger partial charge in [0.1, 0.15) is 11.6 Å². The van der Waals surface area contributed by atoms with E-state index in [4.69, 9.17) is 4.74 Å². The molecule has 28 heavy (non-hydrogen) atoms. The number of carbonyl (C=O) groups is 1. The lowest BCUT2D eigenvalue weighted by molar-refractivity contribution is -0.131. The summed E-state index contributed by atoms with van der Waals surface area (Å²) in [6, 6.07) is 12.1. The van der Waals surface area contributed by atoms with Gasteiger partial charge in [-0.3, -0.25) is 4.79 Å². The first kappa shape index (κ1) is 21.8. The highest BCUT2D eigenvalue weighted by atomic mass is 32.2. The number of hydrogen-bond donors (Lipinski definition) is 1. The zero-order valence-electron chi connectivity index (χ0n) is 16.0. The fourth-order valence-electron chi connectivity index (χ4n) is 2.65. The van der Waals surface area contributed by atoms with Gasteiger partial charge in [-0.1, -0.05) is 12.1 Å². The van der Waals surface area contributed by atoms with E-state index in [-0.39, 0.29) is 36.1 Å². The lowest BCUT2D eigenvalue weighted by Gasteiger charge is -2.21. The van der Waals surface area contributed by atoms with E-state index in [2.05, 4.69) is 4.72 Å². The summed E-state index contributed by atoms with van der Waals surface area (Å²) in [5.41, 5.74) is 0.685. The van der Waals surface area contributed by atoms with E-state index in [9.17, 15) is 17.6 Å². The SMILES string of the molecule is CCOc1ccc(S(=O)(=O)NCCC(=O)N(CC)Cc2cccc(F)c2)cc1. The molecule has 0 atom stereocenters. The van der Waals surface area contributed by atoms with Gasteiger partial charge >= 0.3 is 0 Å². The quantitative estimate of drug-likeness (QED) is 0.656. The summed E-state index contributed by atoms with van der Waals surface area (Å²) in [5, 5.41) is 0. The summed E-state index contributed by atoms with van der Waals surface area (Å²) < 4.78 is 45.7. The molecule has 0 saturated carbocycles. The fourth-order valence-corrected chi connectivity index (χ4v) is 3.68. The van der Waals surface area contributed by atoms with Crippen LogP contribution in [0.25, 0.3) is 0 Å². The largest absolute Gasteiger partial charge is 0.494 e. The lowest BCUT2D eigenvalue weighted by Crippen LogP contribution is -2.34. The van der Waals surface area contributed by atoms with Crippen molar-refractivity contribution < 1.29 is 22.3 Å². The van der Waals surface area contributed by atoms with Crippen molar-refractivity contribution in [3.8, 4) is 5.75 Å². The molecule has 2 aromatic carbocycles. The number of nitrogens with zero attached hydrogens (tertiary/aromatic N) is 1. The van der Waals surface area contributed by atoms with Gasteiger partial charge in [-0.05, 0) is 55.8 Å². The molecule has 0 aliphatic heterocycles. The van der Waals surface area contributed by atoms with E-state index >= 15 is 0 Å². The molecule has 0 unspecified atom stereocenters. The number of ether oxygens (including phenoxy) is 1. The molecule has 0 radical (unpaired) electrons. The van der Waals surface area contributed by atoms with E-state index in [1.807, 2.05) is 13.8 Å². The van der Waals surface area contributed by atoms with E-state index < -0.39 is 10.0 Å². The summed E-state index contributed by atoms with van der Waals surface area (Å²) in [4.78, 5) is 14.0. The van der Waals surface area contributed by atoms with Gasteiger partial charge in [0.05, 0.1) is 11.5 Å². The number of halogens is 1. The molecule has 2 aromatic rings. The minimum Gasteiger partial charge on any atom is -0.494 e. The number of sulfonamides is 1. The molecular weight excluding hydrogens is 383 g/mol. The topological polar surface area (TPSA) is 75.7 Å². The number of nitrogens with one attached hydrogen (secondary N) is 1. The van der Waals surface area contributed by atoms with Crippen LogP contribution in [0, 0.1) is 5.82 Å². The monoisotopic (exact) mass is 408 g/mol. The second kappa shape index (κ2) is 10.2. The van der Waals surface area contributed by atoms with Crippen molar-refractivity contribution in [2.75, 3.05) is 19.7 Å². The van der Waals surface area contributed by atoms with E-state index in [0.29, 0.717) is 24.5 Å². The molecule has 152 valence electrons. The molecule has 0 fully saturated rings. The van der Waals surface area contributed by atoms with Crippen LogP contribution in [0.2, 0.25) is 0 Å². The van der Waals surface area contributed by atoms with Gasteiger partial charge in [-0.15, -0.1) is 0 Å². The van der Waals surface area contributed by atoms with Crippen LogP contribution in [0.4, 0.5) is 4.39 Å². The first-order valence-electron chi connectivity index (χ1n) is 9.10. The van der Waals surface area contributed by atoms with Gasteiger partial charge in [0.25, 0.3) is 0 Å². The lowest BCUT2D eigenvalue weighted by atomic mass is 10.2. The zero-order valence-corrected chi connectivity index (χ0v) is 16.8. The molecule has 0 heterocycles. The van der Waals surface area contributed by atoms with Crippen LogP contribution >= 0.6 is 0 Å². The average molecular weight is 408 g/mol. The van der Waals surface area contributed by atoms with Crippen LogP contribution in [0.15, 0.2) is 53.4 Å². The van der Waals surface area contributed by atoms with Crippen LogP contribution in [0.5, 0.6) is 5.75 Å². The van der Waals surface area contributed by atoms with Crippen molar-refractivity contribution in [2.24, 2.45) is 0 Å². The van der Waals surface area contributed by atoms with Gasteiger partial charge in [0, 0.05) is 26.1 Å². The Hall–Kier alpha value is -2.45. The normalized spacial score (nSPS) is 11.2. The highest BCUT2D eigenvalue weighted by Gasteiger charge is 2.17. The molecule has 0 aromatic heterocycles.